The number of anilines is 1. The maximum atomic E-state index is 13.9. The van der Waals surface area contributed by atoms with Gasteiger partial charge in [0.2, 0.25) is 0 Å². The van der Waals surface area contributed by atoms with Gasteiger partial charge < -0.3 is 11.1 Å². The van der Waals surface area contributed by atoms with Gasteiger partial charge in [-0.3, -0.25) is 15.1 Å². The Morgan fingerprint density at radius 2 is 2.19 bits per heavy atom. The predicted octanol–water partition coefficient (Wildman–Crippen LogP) is 2.29. The summed E-state index contributed by atoms with van der Waals surface area (Å²) in [6.07, 6.45) is 1.29. The number of nitrogens with zero attached hydrogens (tertiary/aromatic N) is 2. The molecule has 0 aliphatic rings. The number of halogens is 3. The molecule has 1 heterocycles. The number of hydrogen-bond acceptors (Lipinski definition) is 5. The first-order valence-corrected chi connectivity index (χ1v) is 5.89. The molecule has 112 valence electrons. The number of hydrogen-bond donors (Lipinski definition) is 2. The molecule has 0 aliphatic carbocycles. The molecule has 0 amide bonds. The summed E-state index contributed by atoms with van der Waals surface area (Å²) >= 11 is 0. The van der Waals surface area contributed by atoms with Crippen LogP contribution in [-0.4, -0.2) is 28.9 Å². The summed E-state index contributed by atoms with van der Waals surface area (Å²) < 4.78 is 40.2. The number of alkyl halides is 2. The summed E-state index contributed by atoms with van der Waals surface area (Å²) in [5, 5.41) is 13.2. The number of fused-ring (bicyclic) bond motifs is 1. The van der Waals surface area contributed by atoms with Gasteiger partial charge in [-0.2, -0.15) is 0 Å². The average molecular weight is 300 g/mol. The van der Waals surface area contributed by atoms with E-state index in [1.807, 2.05) is 0 Å². The van der Waals surface area contributed by atoms with E-state index in [2.05, 4.69) is 10.3 Å². The number of nitro benzene ring substituents is 1. The van der Waals surface area contributed by atoms with Crippen LogP contribution in [0.3, 0.4) is 0 Å². The van der Waals surface area contributed by atoms with E-state index in [0.29, 0.717) is 6.07 Å². The molecule has 0 saturated heterocycles. The third kappa shape index (κ3) is 3.02. The minimum atomic E-state index is -3.23. The Hall–Kier alpha value is -2.42. The summed E-state index contributed by atoms with van der Waals surface area (Å²) in [5.74, 6) is -4.25. The number of pyridine rings is 1. The van der Waals surface area contributed by atoms with Crippen LogP contribution in [0.25, 0.3) is 10.9 Å². The van der Waals surface area contributed by atoms with Gasteiger partial charge >= 0.3 is 0 Å². The quantitative estimate of drug-likeness (QED) is 0.652. The minimum absolute atomic E-state index is 0.0578. The lowest BCUT2D eigenvalue weighted by molar-refractivity contribution is -0.383. The van der Waals surface area contributed by atoms with Crippen molar-refractivity contribution in [3.63, 3.8) is 0 Å². The van der Waals surface area contributed by atoms with Crippen molar-refractivity contribution in [3.8, 4) is 0 Å². The van der Waals surface area contributed by atoms with Gasteiger partial charge in [-0.15, -0.1) is 0 Å². The molecule has 0 saturated carbocycles. The zero-order valence-corrected chi connectivity index (χ0v) is 10.6. The number of non-ortho nitro benzene ring substituents is 1. The van der Waals surface area contributed by atoms with Crippen molar-refractivity contribution in [3.05, 3.63) is 40.3 Å². The molecule has 2 aromatic rings. The molecule has 3 N–H and O–H groups in total. The number of nitro groups is 1. The number of nitrogens with two attached hydrogens (primary N) is 1. The summed E-state index contributed by atoms with van der Waals surface area (Å²) in [6.45, 7) is -1.80. The second-order valence-corrected chi connectivity index (χ2v) is 4.32. The molecule has 6 nitrogen and oxygen atoms in total. The highest BCUT2D eigenvalue weighted by atomic mass is 19.3. The van der Waals surface area contributed by atoms with E-state index in [1.165, 1.54) is 18.3 Å². The maximum Gasteiger partial charge on any atom is 0.281 e. The lowest BCUT2D eigenvalue weighted by atomic mass is 10.1. The third-order valence-electron chi connectivity index (χ3n) is 2.84. The van der Waals surface area contributed by atoms with Crippen molar-refractivity contribution in [2.75, 3.05) is 18.4 Å². The first kappa shape index (κ1) is 15.0. The Kier molecular flexibility index (Phi) is 3.94. The van der Waals surface area contributed by atoms with Gasteiger partial charge in [0.25, 0.3) is 11.6 Å². The van der Waals surface area contributed by atoms with E-state index in [4.69, 9.17) is 5.73 Å². The Bertz CT molecular complexity index is 694. The summed E-state index contributed by atoms with van der Waals surface area (Å²) in [4.78, 5) is 14.0. The minimum Gasteiger partial charge on any atom is -0.375 e. The van der Waals surface area contributed by atoms with Gasteiger partial charge in [-0.25, -0.2) is 13.2 Å². The van der Waals surface area contributed by atoms with E-state index in [0.717, 1.165) is 0 Å². The van der Waals surface area contributed by atoms with E-state index >= 15 is 0 Å². The van der Waals surface area contributed by atoms with Gasteiger partial charge in [0.15, 0.2) is 5.82 Å². The predicted molar refractivity (Wildman–Crippen MR) is 70.8 cm³/mol. The zero-order chi connectivity index (χ0) is 15.6. The van der Waals surface area contributed by atoms with Crippen molar-refractivity contribution in [2.45, 2.75) is 5.92 Å². The third-order valence-corrected chi connectivity index (χ3v) is 2.84. The van der Waals surface area contributed by atoms with Crippen molar-refractivity contribution in [2.24, 2.45) is 5.73 Å². The Morgan fingerprint density at radius 1 is 1.48 bits per heavy atom. The highest BCUT2D eigenvalue weighted by molar-refractivity contribution is 5.97. The monoisotopic (exact) mass is 300 g/mol. The molecule has 2 rings (SSSR count). The summed E-state index contributed by atoms with van der Waals surface area (Å²) in [7, 11) is 0. The van der Waals surface area contributed by atoms with E-state index in [9.17, 15) is 23.3 Å². The molecule has 0 fully saturated rings. The van der Waals surface area contributed by atoms with Crippen LogP contribution in [0.2, 0.25) is 0 Å². The number of nitrogens with one attached hydrogen (secondary N) is 1. The van der Waals surface area contributed by atoms with Crippen LogP contribution in [0, 0.1) is 15.9 Å². The van der Waals surface area contributed by atoms with Crippen molar-refractivity contribution in [1.29, 1.82) is 0 Å². The van der Waals surface area contributed by atoms with Crippen LogP contribution in [0.4, 0.5) is 24.5 Å². The molecule has 1 aromatic carbocycles. The molecule has 0 unspecified atom stereocenters. The molecule has 0 atom stereocenters. The van der Waals surface area contributed by atoms with Crippen LogP contribution in [0.15, 0.2) is 24.4 Å². The molecule has 0 aliphatic heterocycles. The summed E-state index contributed by atoms with van der Waals surface area (Å²) in [5.41, 5.74) is 4.01. The lowest BCUT2D eigenvalue weighted by Gasteiger charge is -2.16. The zero-order valence-electron chi connectivity index (χ0n) is 10.6. The highest BCUT2D eigenvalue weighted by Gasteiger charge is 2.28. The molecular formula is C12H11F3N4O2. The molecule has 0 radical (unpaired) electrons. The Morgan fingerprint density at radius 3 is 2.81 bits per heavy atom. The van der Waals surface area contributed by atoms with Crippen LogP contribution in [0.1, 0.15) is 0 Å². The largest absolute Gasteiger partial charge is 0.375 e. The molecule has 0 bridgehead atoms. The number of rotatable bonds is 5. The average Bonchev–Trinajstić information content (AvgIpc) is 2.45. The van der Waals surface area contributed by atoms with E-state index in [-0.39, 0.29) is 16.6 Å². The van der Waals surface area contributed by atoms with Gasteiger partial charge in [-0.1, -0.05) is 0 Å². The summed E-state index contributed by atoms with van der Waals surface area (Å²) in [6, 6.07) is 3.48. The fourth-order valence-electron chi connectivity index (χ4n) is 1.80. The number of benzene rings is 1. The van der Waals surface area contributed by atoms with Crippen molar-refractivity contribution < 1.29 is 18.1 Å². The highest BCUT2D eigenvalue weighted by Crippen LogP contribution is 2.33. The Balaban J connectivity index is 2.52. The Labute approximate surface area is 116 Å². The molecular weight excluding hydrogens is 289 g/mol. The van der Waals surface area contributed by atoms with Gasteiger partial charge in [0.05, 0.1) is 35.2 Å². The topological polar surface area (TPSA) is 94.1 Å². The lowest BCUT2D eigenvalue weighted by Crippen LogP contribution is -2.35. The normalized spacial score (nSPS) is 11.6. The number of aromatic nitrogens is 1. The second-order valence-electron chi connectivity index (χ2n) is 4.32. The smallest absolute Gasteiger partial charge is 0.281 e. The standard InChI is InChI=1S/C12H11F3N4O2/c13-8-4-9(19(20)21)7-2-1-3-17-10(7)11(8)18-6-12(14,15)5-16/h1-4,18H,5-6,16H2. The van der Waals surface area contributed by atoms with Crippen LogP contribution < -0.4 is 11.1 Å². The SMILES string of the molecule is NCC(F)(F)CNc1c(F)cc([N+](=O)[O-])c2cccnc12. The van der Waals surface area contributed by atoms with Crippen LogP contribution >= 0.6 is 0 Å². The first-order valence-electron chi connectivity index (χ1n) is 5.89. The second kappa shape index (κ2) is 5.52. The van der Waals surface area contributed by atoms with E-state index < -0.39 is 35.4 Å². The maximum absolute atomic E-state index is 13.9. The van der Waals surface area contributed by atoms with Crippen LogP contribution in [-0.2, 0) is 0 Å². The molecule has 1 aromatic heterocycles. The first-order chi connectivity index (χ1) is 9.85. The fourth-order valence-corrected chi connectivity index (χ4v) is 1.80. The fraction of sp³-hybridized carbons (Fsp3) is 0.250. The molecule has 0 spiro atoms. The van der Waals surface area contributed by atoms with E-state index in [1.54, 1.807) is 0 Å². The van der Waals surface area contributed by atoms with Gasteiger partial charge in [0.1, 0.15) is 5.52 Å². The molecule has 9 heteroatoms. The molecule has 21 heavy (non-hydrogen) atoms. The van der Waals surface area contributed by atoms with Crippen molar-refractivity contribution in [1.82, 2.24) is 4.98 Å². The van der Waals surface area contributed by atoms with Crippen LogP contribution in [0.5, 0.6) is 0 Å². The van der Waals surface area contributed by atoms with Gasteiger partial charge in [-0.05, 0) is 12.1 Å². The van der Waals surface area contributed by atoms with Crippen molar-refractivity contribution >= 4 is 22.3 Å². The van der Waals surface area contributed by atoms with Gasteiger partial charge in [0, 0.05) is 6.20 Å².